The number of nitrogens with zero attached hydrogens (tertiary/aromatic N) is 1. The molecule has 1 aromatic heterocycles. The first-order valence-corrected chi connectivity index (χ1v) is 6.16. The van der Waals surface area contributed by atoms with Gasteiger partial charge in [-0.2, -0.15) is 0 Å². The largest absolute Gasteiger partial charge is 0.494 e. The molecular formula is C14H16N2O4. The topological polar surface area (TPSA) is 84.3 Å². The molecule has 0 amide bonds. The molecule has 0 aliphatic carbocycles. The van der Waals surface area contributed by atoms with Crippen molar-refractivity contribution in [3.05, 3.63) is 50.7 Å². The maximum atomic E-state index is 11.9. The van der Waals surface area contributed by atoms with E-state index in [0.29, 0.717) is 5.56 Å². The second-order valence-corrected chi connectivity index (χ2v) is 4.47. The van der Waals surface area contributed by atoms with E-state index in [4.69, 9.17) is 4.74 Å². The molecule has 2 aromatic rings. The predicted octanol–water partition coefficient (Wildman–Crippen LogP) is 0.864. The normalized spacial score (nSPS) is 10.7. The van der Waals surface area contributed by atoms with Crippen LogP contribution in [0.2, 0.25) is 0 Å². The minimum absolute atomic E-state index is 0.0874. The average Bonchev–Trinajstić information content (AvgIpc) is 2.38. The van der Waals surface area contributed by atoms with E-state index < -0.39 is 11.2 Å². The highest BCUT2D eigenvalue weighted by molar-refractivity contribution is 5.67. The molecule has 0 bridgehead atoms. The van der Waals surface area contributed by atoms with Crippen molar-refractivity contribution >= 4 is 0 Å². The zero-order chi connectivity index (χ0) is 14.7. The summed E-state index contributed by atoms with van der Waals surface area (Å²) in [6.07, 6.45) is 0. The Kier molecular flexibility index (Phi) is 4.05. The molecule has 20 heavy (non-hydrogen) atoms. The van der Waals surface area contributed by atoms with Crippen LogP contribution in [0.3, 0.4) is 0 Å². The van der Waals surface area contributed by atoms with Gasteiger partial charge in [0, 0.05) is 7.11 Å². The molecule has 0 unspecified atom stereocenters. The third kappa shape index (κ3) is 2.65. The van der Waals surface area contributed by atoms with Crippen LogP contribution in [0.15, 0.2) is 33.9 Å². The van der Waals surface area contributed by atoms with E-state index in [0.717, 1.165) is 10.1 Å². The van der Waals surface area contributed by atoms with Crippen LogP contribution in [-0.2, 0) is 11.3 Å². The van der Waals surface area contributed by atoms with Gasteiger partial charge in [0.2, 0.25) is 5.88 Å². The number of aromatic amines is 1. The third-order valence-corrected chi connectivity index (χ3v) is 3.00. The molecule has 1 aromatic carbocycles. The number of nitrogens with one attached hydrogen (secondary N) is 1. The number of hydrogen-bond donors (Lipinski definition) is 2. The molecule has 1 heterocycles. The fourth-order valence-corrected chi connectivity index (χ4v) is 2.01. The second kappa shape index (κ2) is 5.75. The molecule has 0 aliphatic heterocycles. The zero-order valence-corrected chi connectivity index (χ0v) is 11.3. The molecule has 0 saturated heterocycles. The van der Waals surface area contributed by atoms with Gasteiger partial charge < -0.3 is 9.84 Å². The van der Waals surface area contributed by atoms with Crippen LogP contribution in [0.4, 0.5) is 0 Å². The molecule has 0 aliphatic rings. The van der Waals surface area contributed by atoms with Crippen LogP contribution in [-0.4, -0.2) is 28.4 Å². The first kappa shape index (κ1) is 14.1. The Bertz CT molecular complexity index is 731. The number of ether oxygens (including phenoxy) is 1. The Morgan fingerprint density at radius 2 is 2.10 bits per heavy atom. The van der Waals surface area contributed by atoms with Crippen molar-refractivity contribution in [1.82, 2.24) is 9.55 Å². The van der Waals surface area contributed by atoms with Crippen molar-refractivity contribution in [3.63, 3.8) is 0 Å². The number of H-pyrrole nitrogens is 1. The van der Waals surface area contributed by atoms with Crippen molar-refractivity contribution in [3.8, 4) is 17.0 Å². The summed E-state index contributed by atoms with van der Waals surface area (Å²) >= 11 is 0. The average molecular weight is 276 g/mol. The molecule has 2 rings (SSSR count). The molecule has 2 N–H and O–H groups in total. The maximum Gasteiger partial charge on any atom is 0.331 e. The summed E-state index contributed by atoms with van der Waals surface area (Å²) in [4.78, 5) is 25.9. The molecule has 0 radical (unpaired) electrons. The van der Waals surface area contributed by atoms with Crippen LogP contribution in [0.5, 0.6) is 5.88 Å². The van der Waals surface area contributed by atoms with Crippen molar-refractivity contribution < 1.29 is 9.84 Å². The van der Waals surface area contributed by atoms with Crippen molar-refractivity contribution in [2.45, 2.75) is 13.5 Å². The quantitative estimate of drug-likeness (QED) is 0.867. The summed E-state index contributed by atoms with van der Waals surface area (Å²) < 4.78 is 5.97. The van der Waals surface area contributed by atoms with Crippen LogP contribution in [0, 0.1) is 6.92 Å². The van der Waals surface area contributed by atoms with E-state index in [9.17, 15) is 14.7 Å². The van der Waals surface area contributed by atoms with Crippen LogP contribution < -0.4 is 11.2 Å². The van der Waals surface area contributed by atoms with Crippen LogP contribution in [0.25, 0.3) is 11.1 Å². The van der Waals surface area contributed by atoms with Gasteiger partial charge in [0.05, 0.1) is 13.2 Å². The highest BCUT2D eigenvalue weighted by Gasteiger charge is 2.15. The van der Waals surface area contributed by atoms with Crippen molar-refractivity contribution in [1.29, 1.82) is 0 Å². The lowest BCUT2D eigenvalue weighted by Crippen LogP contribution is -2.32. The zero-order valence-electron chi connectivity index (χ0n) is 11.3. The van der Waals surface area contributed by atoms with Gasteiger partial charge in [-0.05, 0) is 12.5 Å². The van der Waals surface area contributed by atoms with E-state index in [1.807, 2.05) is 13.0 Å². The van der Waals surface area contributed by atoms with Gasteiger partial charge in [0.25, 0.3) is 5.56 Å². The fourth-order valence-electron chi connectivity index (χ4n) is 2.01. The highest BCUT2D eigenvalue weighted by Crippen LogP contribution is 2.24. The molecular weight excluding hydrogens is 260 g/mol. The summed E-state index contributed by atoms with van der Waals surface area (Å²) in [6, 6.07) is 7.15. The van der Waals surface area contributed by atoms with E-state index in [1.54, 1.807) is 18.2 Å². The van der Waals surface area contributed by atoms with Crippen molar-refractivity contribution in [2.75, 3.05) is 13.7 Å². The van der Waals surface area contributed by atoms with E-state index >= 15 is 0 Å². The van der Waals surface area contributed by atoms with E-state index in [-0.39, 0.29) is 24.6 Å². The first-order chi connectivity index (χ1) is 9.54. The summed E-state index contributed by atoms with van der Waals surface area (Å²) in [5, 5.41) is 10.2. The monoisotopic (exact) mass is 276 g/mol. The summed E-state index contributed by atoms with van der Waals surface area (Å²) in [6.45, 7) is 2.30. The Balaban J connectivity index is 2.64. The molecule has 6 nitrogen and oxygen atoms in total. The van der Waals surface area contributed by atoms with E-state index in [1.165, 1.54) is 7.11 Å². The minimum Gasteiger partial charge on any atom is -0.494 e. The number of rotatable bonds is 4. The number of aryl methyl sites for hydroxylation is 1. The fraction of sp³-hybridized carbons (Fsp3) is 0.286. The number of benzene rings is 1. The first-order valence-electron chi connectivity index (χ1n) is 6.16. The Labute approximate surface area is 115 Å². The number of hydrogen-bond acceptors (Lipinski definition) is 4. The summed E-state index contributed by atoms with van der Waals surface area (Å²) in [5.74, 6) is -0.346. The molecule has 106 valence electrons. The lowest BCUT2D eigenvalue weighted by atomic mass is 10.1. The van der Waals surface area contributed by atoms with Gasteiger partial charge in [-0.1, -0.05) is 29.8 Å². The molecule has 6 heteroatoms. The van der Waals surface area contributed by atoms with Crippen LogP contribution in [0.1, 0.15) is 5.56 Å². The lowest BCUT2D eigenvalue weighted by molar-refractivity contribution is 0.182. The molecule has 0 atom stereocenters. The SMILES string of the molecule is COCCn1c(O)c(-c2cccc(C)c2)c(=O)[nH]c1=O. The van der Waals surface area contributed by atoms with Crippen molar-refractivity contribution in [2.24, 2.45) is 0 Å². The van der Waals surface area contributed by atoms with Gasteiger partial charge in [-0.3, -0.25) is 14.3 Å². The van der Waals surface area contributed by atoms with Gasteiger partial charge in [0.15, 0.2) is 0 Å². The smallest absolute Gasteiger partial charge is 0.331 e. The Hall–Kier alpha value is -2.34. The molecule has 0 fully saturated rings. The van der Waals surface area contributed by atoms with Gasteiger partial charge in [-0.15, -0.1) is 0 Å². The lowest BCUT2D eigenvalue weighted by Gasteiger charge is -2.11. The van der Waals surface area contributed by atoms with E-state index in [2.05, 4.69) is 4.98 Å². The highest BCUT2D eigenvalue weighted by atomic mass is 16.5. The minimum atomic E-state index is -0.652. The van der Waals surface area contributed by atoms with Crippen LogP contribution >= 0.6 is 0 Å². The predicted molar refractivity (Wildman–Crippen MR) is 75.0 cm³/mol. The summed E-state index contributed by atoms with van der Waals surface area (Å²) in [5.41, 5.74) is 0.350. The number of aromatic hydroxyl groups is 1. The summed E-state index contributed by atoms with van der Waals surface area (Å²) in [7, 11) is 1.50. The number of aromatic nitrogens is 2. The Morgan fingerprint density at radius 3 is 2.75 bits per heavy atom. The Morgan fingerprint density at radius 1 is 1.35 bits per heavy atom. The maximum absolute atomic E-state index is 11.9. The standard InChI is InChI=1S/C14H16N2O4/c1-9-4-3-5-10(8-9)11-12(17)15-14(19)16(13(11)18)6-7-20-2/h3-5,8,18H,6-7H2,1-2H3,(H,15,17,19). The second-order valence-electron chi connectivity index (χ2n) is 4.47. The number of methoxy groups -OCH3 is 1. The molecule has 0 spiro atoms. The van der Waals surface area contributed by atoms with Gasteiger partial charge >= 0.3 is 5.69 Å². The van der Waals surface area contributed by atoms with Gasteiger partial charge in [-0.25, -0.2) is 4.79 Å². The third-order valence-electron chi connectivity index (χ3n) is 3.00. The van der Waals surface area contributed by atoms with Gasteiger partial charge in [0.1, 0.15) is 5.56 Å². The molecule has 0 saturated carbocycles.